The number of nitrogens with one attached hydrogen (secondary N) is 1. The monoisotopic (exact) mass is 283 g/mol. The molecule has 4 nitrogen and oxygen atoms in total. The maximum atomic E-state index is 12.0. The van der Waals surface area contributed by atoms with Gasteiger partial charge in [-0.1, -0.05) is 20.8 Å². The summed E-state index contributed by atoms with van der Waals surface area (Å²) in [5.74, 6) is -1.03. The van der Waals surface area contributed by atoms with Gasteiger partial charge in [0.15, 0.2) is 0 Å². The number of aliphatic carboxylic acids is 1. The molecule has 5 heteroatoms. The lowest BCUT2D eigenvalue weighted by Crippen LogP contribution is -2.42. The number of aryl methyl sites for hydroxylation is 1. The van der Waals surface area contributed by atoms with E-state index in [1.807, 2.05) is 26.8 Å². The number of hydrogen-bond donors (Lipinski definition) is 2. The highest BCUT2D eigenvalue weighted by Gasteiger charge is 2.35. The van der Waals surface area contributed by atoms with Crippen LogP contribution in [0.2, 0.25) is 0 Å². The van der Waals surface area contributed by atoms with E-state index in [0.717, 1.165) is 11.3 Å². The first kappa shape index (κ1) is 15.7. The summed E-state index contributed by atoms with van der Waals surface area (Å²) in [4.78, 5) is 25.1. The number of rotatable bonds is 7. The van der Waals surface area contributed by atoms with Gasteiger partial charge in [0.2, 0.25) is 0 Å². The average Bonchev–Trinajstić information content (AvgIpc) is 2.88. The van der Waals surface area contributed by atoms with E-state index in [1.165, 1.54) is 11.3 Å². The molecule has 0 atom stereocenters. The summed E-state index contributed by atoms with van der Waals surface area (Å²) in [6, 6.07) is 3.73. The minimum atomic E-state index is -0.861. The topological polar surface area (TPSA) is 66.4 Å². The fourth-order valence-electron chi connectivity index (χ4n) is 1.90. The molecule has 0 aromatic carbocycles. The minimum Gasteiger partial charge on any atom is -0.481 e. The zero-order valence-electron chi connectivity index (χ0n) is 11.7. The van der Waals surface area contributed by atoms with E-state index in [1.54, 1.807) is 6.07 Å². The molecule has 1 rings (SSSR count). The number of hydrogen-bond acceptors (Lipinski definition) is 3. The molecule has 1 amide bonds. The van der Waals surface area contributed by atoms with Crippen molar-refractivity contribution in [2.45, 2.75) is 40.0 Å². The van der Waals surface area contributed by atoms with Gasteiger partial charge in [-0.25, -0.2) is 0 Å². The highest BCUT2D eigenvalue weighted by atomic mass is 32.1. The zero-order chi connectivity index (χ0) is 14.5. The van der Waals surface area contributed by atoms with E-state index >= 15 is 0 Å². The third kappa shape index (κ3) is 3.56. The third-order valence-corrected chi connectivity index (χ3v) is 4.86. The minimum absolute atomic E-state index is 0.174. The second-order valence-corrected chi connectivity index (χ2v) is 5.76. The molecule has 2 N–H and O–H groups in total. The standard InChI is InChI=1S/C14H21NO3S/c1-4-10-7-8-11(19-10)12(16)15-9-14(5-2,6-3)13(17)18/h7-8H,4-6,9H2,1-3H3,(H,15,16)(H,17,18). The summed E-state index contributed by atoms with van der Waals surface area (Å²) in [5.41, 5.74) is -0.861. The Morgan fingerprint density at radius 1 is 1.26 bits per heavy atom. The molecule has 1 heterocycles. The lowest BCUT2D eigenvalue weighted by atomic mass is 9.82. The zero-order valence-corrected chi connectivity index (χ0v) is 12.5. The first-order valence-corrected chi connectivity index (χ1v) is 7.41. The lowest BCUT2D eigenvalue weighted by molar-refractivity contribution is -0.149. The van der Waals surface area contributed by atoms with Crippen LogP contribution in [-0.4, -0.2) is 23.5 Å². The van der Waals surface area contributed by atoms with E-state index < -0.39 is 11.4 Å². The highest BCUT2D eigenvalue weighted by Crippen LogP contribution is 2.26. The Kier molecular flexibility index (Phi) is 5.54. The summed E-state index contributed by atoms with van der Waals surface area (Å²) < 4.78 is 0. The molecule has 0 fully saturated rings. The Morgan fingerprint density at radius 2 is 1.89 bits per heavy atom. The second-order valence-electron chi connectivity index (χ2n) is 4.59. The molecule has 0 radical (unpaired) electrons. The number of amides is 1. The van der Waals surface area contributed by atoms with E-state index in [4.69, 9.17) is 0 Å². The van der Waals surface area contributed by atoms with Crippen LogP contribution in [0.3, 0.4) is 0 Å². The molecule has 19 heavy (non-hydrogen) atoms. The molecule has 0 spiro atoms. The molecule has 0 aliphatic rings. The van der Waals surface area contributed by atoms with Gasteiger partial charge in [-0.05, 0) is 31.4 Å². The summed E-state index contributed by atoms with van der Waals surface area (Å²) in [6.07, 6.45) is 1.91. The number of carbonyl (C=O) groups excluding carboxylic acids is 1. The summed E-state index contributed by atoms with van der Waals surface area (Å²) in [7, 11) is 0. The Morgan fingerprint density at radius 3 is 2.32 bits per heavy atom. The quantitative estimate of drug-likeness (QED) is 0.808. The van der Waals surface area contributed by atoms with Crippen molar-refractivity contribution in [2.75, 3.05) is 6.54 Å². The van der Waals surface area contributed by atoms with Crippen molar-refractivity contribution in [1.82, 2.24) is 5.32 Å². The van der Waals surface area contributed by atoms with Gasteiger partial charge in [-0.3, -0.25) is 9.59 Å². The number of carboxylic acid groups (broad SMARTS) is 1. The van der Waals surface area contributed by atoms with Crippen molar-refractivity contribution in [3.8, 4) is 0 Å². The van der Waals surface area contributed by atoms with Crippen LogP contribution in [0.15, 0.2) is 12.1 Å². The fourth-order valence-corrected chi connectivity index (χ4v) is 2.77. The molecular weight excluding hydrogens is 262 g/mol. The average molecular weight is 283 g/mol. The number of carboxylic acids is 1. The van der Waals surface area contributed by atoms with Gasteiger partial charge in [-0.2, -0.15) is 0 Å². The first-order valence-electron chi connectivity index (χ1n) is 6.59. The highest BCUT2D eigenvalue weighted by molar-refractivity contribution is 7.14. The van der Waals surface area contributed by atoms with Crippen LogP contribution >= 0.6 is 11.3 Å². The first-order chi connectivity index (χ1) is 8.99. The van der Waals surface area contributed by atoms with Crippen LogP contribution in [-0.2, 0) is 11.2 Å². The predicted molar refractivity (Wildman–Crippen MR) is 76.7 cm³/mol. The van der Waals surface area contributed by atoms with Gasteiger partial charge in [0.1, 0.15) is 0 Å². The number of thiophene rings is 1. The van der Waals surface area contributed by atoms with Gasteiger partial charge in [0.25, 0.3) is 5.91 Å². The van der Waals surface area contributed by atoms with Gasteiger partial charge in [0, 0.05) is 11.4 Å². The lowest BCUT2D eigenvalue weighted by Gasteiger charge is -2.26. The van der Waals surface area contributed by atoms with Crippen molar-refractivity contribution in [2.24, 2.45) is 5.41 Å². The van der Waals surface area contributed by atoms with Crippen LogP contribution < -0.4 is 5.32 Å². The Balaban J connectivity index is 2.69. The molecule has 0 saturated carbocycles. The molecule has 0 aliphatic heterocycles. The molecule has 0 saturated heterocycles. The van der Waals surface area contributed by atoms with Crippen LogP contribution in [0.1, 0.15) is 48.2 Å². The van der Waals surface area contributed by atoms with Gasteiger partial charge < -0.3 is 10.4 Å². The number of carbonyl (C=O) groups is 2. The summed E-state index contributed by atoms with van der Waals surface area (Å²) in [5, 5.41) is 12.1. The fraction of sp³-hybridized carbons (Fsp3) is 0.571. The van der Waals surface area contributed by atoms with Crippen molar-refractivity contribution in [3.05, 3.63) is 21.9 Å². The van der Waals surface area contributed by atoms with E-state index in [-0.39, 0.29) is 12.5 Å². The molecule has 1 aromatic rings. The Labute approximate surface area is 117 Å². The molecular formula is C14H21NO3S. The van der Waals surface area contributed by atoms with Crippen molar-refractivity contribution in [3.63, 3.8) is 0 Å². The van der Waals surface area contributed by atoms with Gasteiger partial charge >= 0.3 is 5.97 Å². The smallest absolute Gasteiger partial charge is 0.311 e. The molecule has 1 aromatic heterocycles. The Hall–Kier alpha value is -1.36. The summed E-state index contributed by atoms with van der Waals surface area (Å²) >= 11 is 1.46. The molecule has 106 valence electrons. The summed E-state index contributed by atoms with van der Waals surface area (Å²) in [6.45, 7) is 5.89. The van der Waals surface area contributed by atoms with Crippen LogP contribution in [0.4, 0.5) is 0 Å². The predicted octanol–water partition coefficient (Wildman–Crippen LogP) is 2.93. The largest absolute Gasteiger partial charge is 0.481 e. The van der Waals surface area contributed by atoms with E-state index in [0.29, 0.717) is 17.7 Å². The SMILES string of the molecule is CCc1ccc(C(=O)NCC(CC)(CC)C(=O)O)s1. The van der Waals surface area contributed by atoms with Crippen molar-refractivity contribution < 1.29 is 14.7 Å². The van der Waals surface area contributed by atoms with E-state index in [2.05, 4.69) is 5.32 Å². The van der Waals surface area contributed by atoms with Gasteiger partial charge in [0.05, 0.1) is 10.3 Å². The second kappa shape index (κ2) is 6.70. The van der Waals surface area contributed by atoms with Crippen LogP contribution in [0.25, 0.3) is 0 Å². The molecule has 0 aliphatic carbocycles. The normalized spacial score (nSPS) is 11.3. The molecule has 0 unspecified atom stereocenters. The van der Waals surface area contributed by atoms with Crippen LogP contribution in [0.5, 0.6) is 0 Å². The van der Waals surface area contributed by atoms with Crippen molar-refractivity contribution in [1.29, 1.82) is 0 Å². The van der Waals surface area contributed by atoms with E-state index in [9.17, 15) is 14.7 Å². The maximum absolute atomic E-state index is 12.0. The van der Waals surface area contributed by atoms with Crippen LogP contribution in [0, 0.1) is 5.41 Å². The van der Waals surface area contributed by atoms with Gasteiger partial charge in [-0.15, -0.1) is 11.3 Å². The van der Waals surface area contributed by atoms with Crippen molar-refractivity contribution >= 4 is 23.2 Å². The Bertz CT molecular complexity index is 449. The third-order valence-electron chi connectivity index (χ3n) is 3.63. The molecule has 0 bridgehead atoms. The maximum Gasteiger partial charge on any atom is 0.311 e.